The Morgan fingerprint density at radius 3 is 2.50 bits per heavy atom. The third-order valence-corrected chi connectivity index (χ3v) is 6.29. The topological polar surface area (TPSA) is 72.5 Å². The van der Waals surface area contributed by atoms with E-state index in [0.717, 1.165) is 18.4 Å². The van der Waals surface area contributed by atoms with Gasteiger partial charge in [0.25, 0.3) is 0 Å². The number of hydrogen-bond acceptors (Lipinski definition) is 4. The van der Waals surface area contributed by atoms with Crippen molar-refractivity contribution in [2.45, 2.75) is 43.9 Å². The van der Waals surface area contributed by atoms with Crippen LogP contribution < -0.4 is 4.72 Å². The zero-order valence-electron chi connectivity index (χ0n) is 13.0. The van der Waals surface area contributed by atoms with Gasteiger partial charge in [-0.05, 0) is 25.3 Å². The summed E-state index contributed by atoms with van der Waals surface area (Å²) in [6.07, 6.45) is 2.74. The summed E-state index contributed by atoms with van der Waals surface area (Å²) in [7, 11) is -2.28. The fraction of sp³-hybridized carbons (Fsp3) is 0.562. The van der Waals surface area contributed by atoms with Gasteiger partial charge in [-0.25, -0.2) is 13.1 Å². The number of carbonyl (C=O) groups excluding carboxylic acids is 1. The van der Waals surface area contributed by atoms with Gasteiger partial charge >= 0.3 is 5.97 Å². The van der Waals surface area contributed by atoms with Gasteiger partial charge in [0.05, 0.1) is 18.3 Å². The molecule has 5 nitrogen and oxygen atoms in total. The smallest absolute Gasteiger partial charge is 0.310 e. The van der Waals surface area contributed by atoms with Gasteiger partial charge < -0.3 is 4.74 Å². The van der Waals surface area contributed by atoms with Crippen LogP contribution in [0.2, 0.25) is 0 Å². The number of ether oxygens (including phenoxy) is 1. The Balaban J connectivity index is 2.15. The monoisotopic (exact) mass is 325 g/mol. The van der Waals surface area contributed by atoms with Crippen LogP contribution in [0.4, 0.5) is 0 Å². The molecule has 1 aliphatic rings. The molecule has 0 saturated heterocycles. The molecule has 0 radical (unpaired) electrons. The molecule has 0 amide bonds. The molecule has 1 aliphatic carbocycles. The number of hydrogen-bond donors (Lipinski definition) is 1. The summed E-state index contributed by atoms with van der Waals surface area (Å²) >= 11 is 0. The van der Waals surface area contributed by atoms with Gasteiger partial charge in [-0.15, -0.1) is 0 Å². The van der Waals surface area contributed by atoms with E-state index < -0.39 is 27.2 Å². The Labute approximate surface area is 132 Å². The Hall–Kier alpha value is -1.40. The Bertz CT molecular complexity index is 600. The van der Waals surface area contributed by atoms with Crippen molar-refractivity contribution in [2.75, 3.05) is 7.11 Å². The van der Waals surface area contributed by atoms with E-state index in [4.69, 9.17) is 4.74 Å². The summed E-state index contributed by atoms with van der Waals surface area (Å²) < 4.78 is 32.9. The van der Waals surface area contributed by atoms with E-state index in [0.29, 0.717) is 12.8 Å². The molecule has 6 heteroatoms. The van der Waals surface area contributed by atoms with Crippen molar-refractivity contribution in [3.63, 3.8) is 0 Å². The number of nitrogens with one attached hydrogen (secondary N) is 1. The molecule has 1 unspecified atom stereocenters. The normalized spacial score (nSPS) is 23.7. The SMILES string of the molecule is COC(=O)[C@H]1CCCCC1S(=O)(=O)N[C@H](C)c1ccccc1. The van der Waals surface area contributed by atoms with E-state index in [-0.39, 0.29) is 6.04 Å². The van der Waals surface area contributed by atoms with Crippen molar-refractivity contribution in [3.05, 3.63) is 35.9 Å². The minimum Gasteiger partial charge on any atom is -0.469 e. The molecule has 2 rings (SSSR count). The number of methoxy groups -OCH3 is 1. The number of rotatable bonds is 5. The first-order valence-corrected chi connectivity index (χ1v) is 9.14. The highest BCUT2D eigenvalue weighted by Crippen LogP contribution is 2.31. The lowest BCUT2D eigenvalue weighted by molar-refractivity contribution is -0.146. The first kappa shape index (κ1) is 17.0. The van der Waals surface area contributed by atoms with Crippen LogP contribution in [0.3, 0.4) is 0 Å². The number of carbonyl (C=O) groups is 1. The Morgan fingerprint density at radius 1 is 1.23 bits per heavy atom. The van der Waals surface area contributed by atoms with Crippen LogP contribution in [0.1, 0.15) is 44.2 Å². The zero-order chi connectivity index (χ0) is 16.2. The predicted molar refractivity (Wildman–Crippen MR) is 84.7 cm³/mol. The van der Waals surface area contributed by atoms with Gasteiger partial charge in [0, 0.05) is 6.04 Å². The molecule has 0 aromatic heterocycles. The first-order chi connectivity index (χ1) is 10.5. The van der Waals surface area contributed by atoms with Crippen LogP contribution in [0.25, 0.3) is 0 Å². The van der Waals surface area contributed by atoms with E-state index in [1.807, 2.05) is 37.3 Å². The van der Waals surface area contributed by atoms with Crippen LogP contribution in [-0.4, -0.2) is 26.7 Å². The highest BCUT2D eigenvalue weighted by molar-refractivity contribution is 7.90. The van der Waals surface area contributed by atoms with E-state index in [1.54, 1.807) is 0 Å². The molecule has 0 spiro atoms. The van der Waals surface area contributed by atoms with Crippen LogP contribution in [0.15, 0.2) is 30.3 Å². The molecule has 0 aliphatic heterocycles. The predicted octanol–water partition coefficient (Wildman–Crippen LogP) is 2.40. The maximum atomic E-state index is 12.7. The molecule has 1 aromatic rings. The molecule has 1 N–H and O–H groups in total. The summed E-state index contributed by atoms with van der Waals surface area (Å²) in [5.41, 5.74) is 0.900. The lowest BCUT2D eigenvalue weighted by Gasteiger charge is -2.30. The average molecular weight is 325 g/mol. The van der Waals surface area contributed by atoms with Gasteiger partial charge in [0.2, 0.25) is 10.0 Å². The summed E-state index contributed by atoms with van der Waals surface area (Å²) in [6.45, 7) is 1.81. The minimum atomic E-state index is -3.59. The molecule has 0 bridgehead atoms. The highest BCUT2D eigenvalue weighted by Gasteiger charge is 2.40. The van der Waals surface area contributed by atoms with Gasteiger partial charge in [-0.1, -0.05) is 43.2 Å². The van der Waals surface area contributed by atoms with E-state index in [1.165, 1.54) is 7.11 Å². The Kier molecular flexibility index (Phi) is 5.58. The number of benzene rings is 1. The number of esters is 1. The highest BCUT2D eigenvalue weighted by atomic mass is 32.2. The second kappa shape index (κ2) is 7.24. The molecule has 22 heavy (non-hydrogen) atoms. The van der Waals surface area contributed by atoms with Crippen LogP contribution in [0, 0.1) is 5.92 Å². The second-order valence-corrected chi connectivity index (χ2v) is 7.68. The van der Waals surface area contributed by atoms with Crippen LogP contribution >= 0.6 is 0 Å². The average Bonchev–Trinajstić information content (AvgIpc) is 2.54. The van der Waals surface area contributed by atoms with Crippen molar-refractivity contribution in [1.29, 1.82) is 0 Å². The van der Waals surface area contributed by atoms with Crippen LogP contribution in [-0.2, 0) is 19.6 Å². The van der Waals surface area contributed by atoms with E-state index in [2.05, 4.69) is 4.72 Å². The van der Waals surface area contributed by atoms with Crippen molar-refractivity contribution in [3.8, 4) is 0 Å². The number of sulfonamides is 1. The van der Waals surface area contributed by atoms with Gasteiger partial charge in [0.15, 0.2) is 0 Å². The molecule has 1 fully saturated rings. The van der Waals surface area contributed by atoms with E-state index >= 15 is 0 Å². The maximum absolute atomic E-state index is 12.7. The molecule has 0 heterocycles. The fourth-order valence-corrected chi connectivity index (χ4v) is 4.99. The van der Waals surface area contributed by atoms with Crippen molar-refractivity contribution in [1.82, 2.24) is 4.72 Å². The third kappa shape index (κ3) is 3.87. The lowest BCUT2D eigenvalue weighted by Crippen LogP contribution is -2.44. The molecular weight excluding hydrogens is 302 g/mol. The first-order valence-electron chi connectivity index (χ1n) is 7.59. The standard InChI is InChI=1S/C16H23NO4S/c1-12(13-8-4-3-5-9-13)17-22(19,20)15-11-7-6-10-14(15)16(18)21-2/h3-5,8-9,12,14-15,17H,6-7,10-11H2,1-2H3/t12-,14+,15?/m1/s1. The van der Waals surface area contributed by atoms with Crippen molar-refractivity contribution in [2.24, 2.45) is 5.92 Å². The van der Waals surface area contributed by atoms with Crippen LogP contribution in [0.5, 0.6) is 0 Å². The van der Waals surface area contributed by atoms with Gasteiger partial charge in [0.1, 0.15) is 0 Å². The third-order valence-electron chi connectivity index (χ3n) is 4.25. The molecule has 1 saturated carbocycles. The molecular formula is C16H23NO4S. The van der Waals surface area contributed by atoms with Gasteiger partial charge in [-0.2, -0.15) is 0 Å². The molecule has 1 aromatic carbocycles. The summed E-state index contributed by atoms with van der Waals surface area (Å²) in [6, 6.07) is 9.07. The van der Waals surface area contributed by atoms with Crippen molar-refractivity contribution < 1.29 is 17.9 Å². The molecule has 3 atom stereocenters. The summed E-state index contributed by atoms with van der Waals surface area (Å²) in [5, 5.41) is -0.708. The largest absolute Gasteiger partial charge is 0.469 e. The van der Waals surface area contributed by atoms with E-state index in [9.17, 15) is 13.2 Å². The molecule has 122 valence electrons. The maximum Gasteiger partial charge on any atom is 0.310 e. The fourth-order valence-electron chi connectivity index (χ4n) is 3.03. The quantitative estimate of drug-likeness (QED) is 0.844. The summed E-state index contributed by atoms with van der Waals surface area (Å²) in [4.78, 5) is 11.9. The van der Waals surface area contributed by atoms with Gasteiger partial charge in [-0.3, -0.25) is 4.79 Å². The Morgan fingerprint density at radius 2 is 1.86 bits per heavy atom. The zero-order valence-corrected chi connectivity index (χ0v) is 13.8. The summed E-state index contributed by atoms with van der Waals surface area (Å²) in [5.74, 6) is -0.998. The lowest BCUT2D eigenvalue weighted by atomic mass is 9.89. The minimum absolute atomic E-state index is 0.327. The van der Waals surface area contributed by atoms with Crippen molar-refractivity contribution >= 4 is 16.0 Å². The second-order valence-electron chi connectivity index (χ2n) is 5.75.